The molecule has 0 spiro atoms. The Morgan fingerprint density at radius 1 is 1.33 bits per heavy atom. The van der Waals surface area contributed by atoms with Crippen LogP contribution in [0.25, 0.3) is 16.8 Å². The summed E-state index contributed by atoms with van der Waals surface area (Å²) < 4.78 is 1.49. The summed E-state index contributed by atoms with van der Waals surface area (Å²) in [4.78, 5) is 15.4. The van der Waals surface area contributed by atoms with E-state index in [9.17, 15) is 10.1 Å². The highest BCUT2D eigenvalue weighted by molar-refractivity contribution is 6.17. The van der Waals surface area contributed by atoms with E-state index >= 15 is 0 Å². The third kappa shape index (κ3) is 2.03. The highest BCUT2D eigenvalue weighted by atomic mass is 35.5. The first kappa shape index (κ1) is 13.5. The molecule has 0 aliphatic rings. The quantitative estimate of drug-likeness (QED) is 0.738. The predicted molar refractivity (Wildman–Crippen MR) is 82.5 cm³/mol. The average Bonchev–Trinajstić information content (AvgIpc) is 2.81. The van der Waals surface area contributed by atoms with Crippen LogP contribution in [0, 0.1) is 18.3 Å². The molecule has 5 heteroatoms. The lowest BCUT2D eigenvalue weighted by Gasteiger charge is -2.03. The van der Waals surface area contributed by atoms with Gasteiger partial charge in [-0.1, -0.05) is 30.3 Å². The summed E-state index contributed by atoms with van der Waals surface area (Å²) in [6.45, 7) is 1.79. The van der Waals surface area contributed by atoms with Gasteiger partial charge in [0, 0.05) is 17.3 Å². The van der Waals surface area contributed by atoms with Crippen LogP contribution in [0.3, 0.4) is 0 Å². The van der Waals surface area contributed by atoms with E-state index in [4.69, 9.17) is 11.6 Å². The van der Waals surface area contributed by atoms with Gasteiger partial charge in [0.05, 0.1) is 11.6 Å². The molecule has 0 saturated heterocycles. The van der Waals surface area contributed by atoms with Crippen LogP contribution in [-0.2, 0) is 5.88 Å². The maximum atomic E-state index is 12.3. The van der Waals surface area contributed by atoms with E-state index in [1.165, 1.54) is 10.5 Å². The van der Waals surface area contributed by atoms with Crippen LogP contribution in [-0.4, -0.2) is 9.38 Å². The molecule has 0 unspecified atom stereocenters. The fourth-order valence-corrected chi connectivity index (χ4v) is 2.86. The first-order chi connectivity index (χ1) is 10.2. The molecule has 2 heterocycles. The van der Waals surface area contributed by atoms with Crippen molar-refractivity contribution in [2.45, 2.75) is 12.8 Å². The number of hydrogen-bond acceptors (Lipinski definition) is 2. The maximum absolute atomic E-state index is 12.3. The number of halogens is 1. The summed E-state index contributed by atoms with van der Waals surface area (Å²) in [6.07, 6.45) is 0. The lowest BCUT2D eigenvalue weighted by Crippen LogP contribution is -2.15. The van der Waals surface area contributed by atoms with Crippen LogP contribution in [0.1, 0.15) is 17.0 Å². The number of alkyl halides is 1. The second-order valence-corrected chi connectivity index (χ2v) is 5.05. The van der Waals surface area contributed by atoms with Gasteiger partial charge in [0.1, 0.15) is 17.3 Å². The van der Waals surface area contributed by atoms with E-state index in [1.54, 1.807) is 6.92 Å². The predicted octanol–water partition coefficient (Wildman–Crippen LogP) is 3.21. The Balaban J connectivity index is 2.53. The smallest absolute Gasteiger partial charge is 0.258 e. The molecule has 0 bridgehead atoms. The van der Waals surface area contributed by atoms with E-state index < -0.39 is 0 Å². The van der Waals surface area contributed by atoms with Gasteiger partial charge < -0.3 is 4.98 Å². The van der Waals surface area contributed by atoms with Gasteiger partial charge in [0.25, 0.3) is 5.56 Å². The molecule has 0 aliphatic carbocycles. The molecule has 104 valence electrons. The summed E-state index contributed by atoms with van der Waals surface area (Å²) in [5, 5.41) is 9.54. The van der Waals surface area contributed by atoms with Crippen LogP contribution in [0.5, 0.6) is 0 Å². The normalized spacial score (nSPS) is 10.7. The minimum Gasteiger partial charge on any atom is -0.344 e. The number of aryl methyl sites for hydroxylation is 1. The van der Waals surface area contributed by atoms with Crippen molar-refractivity contribution in [3.8, 4) is 17.2 Å². The molecule has 0 fully saturated rings. The Morgan fingerprint density at radius 3 is 2.67 bits per heavy atom. The Morgan fingerprint density at radius 2 is 2.05 bits per heavy atom. The molecule has 0 saturated carbocycles. The van der Waals surface area contributed by atoms with Crippen LogP contribution in [0.4, 0.5) is 0 Å². The van der Waals surface area contributed by atoms with Crippen LogP contribution < -0.4 is 5.56 Å². The maximum Gasteiger partial charge on any atom is 0.258 e. The van der Waals surface area contributed by atoms with Crippen molar-refractivity contribution in [3.05, 3.63) is 63.7 Å². The standard InChI is InChI=1S/C16H12ClN3O/c1-10-7-14(21)20-13(8-17)15(11-5-3-2-4-6-11)12(9-18)16(20)19-10/h2-7,19H,8H2,1H3. The van der Waals surface area contributed by atoms with Gasteiger partial charge in [-0.05, 0) is 12.5 Å². The summed E-state index contributed by atoms with van der Waals surface area (Å²) in [6, 6.07) is 13.2. The lowest BCUT2D eigenvalue weighted by atomic mass is 10.0. The van der Waals surface area contributed by atoms with Crippen LogP contribution in [0.15, 0.2) is 41.2 Å². The summed E-state index contributed by atoms with van der Waals surface area (Å²) in [7, 11) is 0. The van der Waals surface area contributed by atoms with Gasteiger partial charge >= 0.3 is 0 Å². The van der Waals surface area contributed by atoms with Gasteiger partial charge in [0.2, 0.25) is 0 Å². The van der Waals surface area contributed by atoms with Crippen molar-refractivity contribution in [3.63, 3.8) is 0 Å². The van der Waals surface area contributed by atoms with E-state index in [0.717, 1.165) is 5.56 Å². The third-order valence-corrected chi connectivity index (χ3v) is 3.70. The number of H-pyrrole nitrogens is 1. The average molecular weight is 298 g/mol. The molecule has 3 aromatic rings. The molecule has 1 aromatic carbocycles. The van der Waals surface area contributed by atoms with Gasteiger partial charge in [-0.15, -0.1) is 11.6 Å². The van der Waals surface area contributed by atoms with Crippen LogP contribution in [0.2, 0.25) is 0 Å². The second kappa shape index (κ2) is 5.12. The number of aromatic amines is 1. The zero-order valence-electron chi connectivity index (χ0n) is 11.4. The highest BCUT2D eigenvalue weighted by Crippen LogP contribution is 2.32. The van der Waals surface area contributed by atoms with E-state index in [0.29, 0.717) is 28.2 Å². The van der Waals surface area contributed by atoms with E-state index in [-0.39, 0.29) is 11.4 Å². The summed E-state index contributed by atoms with van der Waals surface area (Å²) in [5.74, 6) is 0.152. The molecule has 3 rings (SSSR count). The van der Waals surface area contributed by atoms with E-state index in [2.05, 4.69) is 11.1 Å². The molecule has 0 aliphatic heterocycles. The van der Waals surface area contributed by atoms with Gasteiger partial charge in [0.15, 0.2) is 0 Å². The van der Waals surface area contributed by atoms with Crippen LogP contribution >= 0.6 is 11.6 Å². The largest absolute Gasteiger partial charge is 0.344 e. The number of aromatic nitrogens is 2. The zero-order chi connectivity index (χ0) is 15.0. The molecule has 0 amide bonds. The fourth-order valence-electron chi connectivity index (χ4n) is 2.61. The Labute approximate surface area is 126 Å². The minimum atomic E-state index is -0.185. The number of hydrogen-bond donors (Lipinski definition) is 1. The van der Waals surface area contributed by atoms with Gasteiger partial charge in [-0.3, -0.25) is 9.20 Å². The molecular weight excluding hydrogens is 286 g/mol. The lowest BCUT2D eigenvalue weighted by molar-refractivity contribution is 0.989. The number of nitriles is 1. The van der Waals surface area contributed by atoms with Crippen molar-refractivity contribution in [2.75, 3.05) is 0 Å². The molecule has 2 aromatic heterocycles. The first-order valence-electron chi connectivity index (χ1n) is 6.46. The SMILES string of the molecule is Cc1cc(=O)n2c(CCl)c(-c3ccccc3)c(C#N)c2[nH]1. The molecule has 1 N–H and O–H groups in total. The number of nitrogens with one attached hydrogen (secondary N) is 1. The molecule has 4 nitrogen and oxygen atoms in total. The highest BCUT2D eigenvalue weighted by Gasteiger charge is 2.21. The number of nitrogens with zero attached hydrogens (tertiary/aromatic N) is 2. The summed E-state index contributed by atoms with van der Waals surface area (Å²) in [5.41, 5.74) is 3.69. The van der Waals surface area contributed by atoms with E-state index in [1.807, 2.05) is 30.3 Å². The van der Waals surface area contributed by atoms with Crippen molar-refractivity contribution >= 4 is 17.2 Å². The molecule has 0 radical (unpaired) electrons. The minimum absolute atomic E-state index is 0.152. The number of rotatable bonds is 2. The number of benzene rings is 1. The fraction of sp³-hybridized carbons (Fsp3) is 0.125. The zero-order valence-corrected chi connectivity index (χ0v) is 12.1. The Bertz CT molecular complexity index is 917. The van der Waals surface area contributed by atoms with Crippen molar-refractivity contribution < 1.29 is 0 Å². The summed E-state index contributed by atoms with van der Waals surface area (Å²) >= 11 is 6.06. The third-order valence-electron chi connectivity index (χ3n) is 3.45. The topological polar surface area (TPSA) is 61.1 Å². The van der Waals surface area contributed by atoms with Crippen molar-refractivity contribution in [2.24, 2.45) is 0 Å². The molecule has 0 atom stereocenters. The molecular formula is C16H12ClN3O. The first-order valence-corrected chi connectivity index (χ1v) is 6.99. The Hall–Kier alpha value is -2.51. The number of fused-ring (bicyclic) bond motifs is 1. The van der Waals surface area contributed by atoms with Gasteiger partial charge in [-0.2, -0.15) is 5.26 Å². The molecule has 21 heavy (non-hydrogen) atoms. The Kier molecular flexibility index (Phi) is 3.28. The van der Waals surface area contributed by atoms with Crippen molar-refractivity contribution in [1.82, 2.24) is 9.38 Å². The second-order valence-electron chi connectivity index (χ2n) is 4.78. The van der Waals surface area contributed by atoms with Crippen molar-refractivity contribution in [1.29, 1.82) is 5.26 Å². The monoisotopic (exact) mass is 297 g/mol. The van der Waals surface area contributed by atoms with Gasteiger partial charge in [-0.25, -0.2) is 0 Å².